The predicted molar refractivity (Wildman–Crippen MR) is 74.8 cm³/mol. The molecule has 0 bridgehead atoms. The smallest absolute Gasteiger partial charge is 0.335 e. The Hall–Kier alpha value is -1.51. The van der Waals surface area contributed by atoms with Crippen molar-refractivity contribution in [3.05, 3.63) is 29.3 Å². The Labute approximate surface area is 114 Å². The first-order valence-electron chi connectivity index (χ1n) is 6.88. The van der Waals surface area contributed by atoms with Crippen LogP contribution in [-0.4, -0.2) is 17.2 Å². The molecular weight excluding hydrogens is 240 g/mol. The maximum absolute atomic E-state index is 10.9. The van der Waals surface area contributed by atoms with Crippen molar-refractivity contribution in [3.8, 4) is 5.75 Å². The van der Waals surface area contributed by atoms with E-state index in [4.69, 9.17) is 9.84 Å². The van der Waals surface area contributed by atoms with E-state index in [1.54, 1.807) is 18.2 Å². The van der Waals surface area contributed by atoms with Crippen molar-refractivity contribution in [1.29, 1.82) is 0 Å². The van der Waals surface area contributed by atoms with Gasteiger partial charge < -0.3 is 9.84 Å². The maximum Gasteiger partial charge on any atom is 0.335 e. The number of carbonyl (C=O) groups is 1. The van der Waals surface area contributed by atoms with Crippen LogP contribution in [0, 0.1) is 12.3 Å². The Morgan fingerprint density at radius 2 is 1.95 bits per heavy atom. The fourth-order valence-corrected chi connectivity index (χ4v) is 2.58. The minimum Gasteiger partial charge on any atom is -0.490 e. The van der Waals surface area contributed by atoms with E-state index in [0.29, 0.717) is 11.0 Å². The molecule has 1 aliphatic rings. The number of hydrogen-bond donors (Lipinski definition) is 1. The number of rotatable bonds is 3. The zero-order valence-corrected chi connectivity index (χ0v) is 11.9. The van der Waals surface area contributed by atoms with Crippen LogP contribution in [0.15, 0.2) is 18.2 Å². The van der Waals surface area contributed by atoms with Gasteiger partial charge in [0.1, 0.15) is 5.75 Å². The lowest BCUT2D eigenvalue weighted by molar-refractivity contribution is 0.0696. The summed E-state index contributed by atoms with van der Waals surface area (Å²) in [5.74, 6) is -0.0798. The number of ether oxygens (including phenoxy) is 1. The van der Waals surface area contributed by atoms with Gasteiger partial charge in [0.15, 0.2) is 0 Å². The van der Waals surface area contributed by atoms with Crippen LogP contribution in [-0.2, 0) is 0 Å². The lowest BCUT2D eigenvalue weighted by atomic mass is 9.76. The van der Waals surface area contributed by atoms with E-state index in [2.05, 4.69) is 13.8 Å². The van der Waals surface area contributed by atoms with Crippen molar-refractivity contribution in [2.24, 2.45) is 5.41 Å². The lowest BCUT2D eigenvalue weighted by Crippen LogP contribution is -2.28. The maximum atomic E-state index is 10.9. The molecule has 0 heterocycles. The number of carboxylic acid groups (broad SMARTS) is 1. The molecule has 3 heteroatoms. The Morgan fingerprint density at radius 1 is 1.32 bits per heavy atom. The average molecular weight is 262 g/mol. The SMILES string of the molecule is Cc1cc(C(=O)O)ccc1OC1CCC(C)(C)CC1. The van der Waals surface area contributed by atoms with Gasteiger partial charge in [-0.25, -0.2) is 4.79 Å². The van der Waals surface area contributed by atoms with Crippen LogP contribution in [0.1, 0.15) is 55.5 Å². The third-order valence-corrected chi connectivity index (χ3v) is 4.00. The van der Waals surface area contributed by atoms with Gasteiger partial charge in [0.05, 0.1) is 11.7 Å². The summed E-state index contributed by atoms with van der Waals surface area (Å²) in [7, 11) is 0. The van der Waals surface area contributed by atoms with E-state index < -0.39 is 5.97 Å². The molecule has 0 saturated heterocycles. The van der Waals surface area contributed by atoms with Gasteiger partial charge in [-0.2, -0.15) is 0 Å². The van der Waals surface area contributed by atoms with Gasteiger partial charge in [-0.1, -0.05) is 13.8 Å². The second kappa shape index (κ2) is 5.24. The van der Waals surface area contributed by atoms with Gasteiger partial charge in [-0.3, -0.25) is 0 Å². The second-order valence-electron chi connectivity index (χ2n) is 6.27. The molecule has 0 aliphatic heterocycles. The summed E-state index contributed by atoms with van der Waals surface area (Å²) in [4.78, 5) is 10.9. The van der Waals surface area contributed by atoms with Crippen LogP contribution in [0.3, 0.4) is 0 Å². The standard InChI is InChI=1S/C16H22O3/c1-11-10-12(15(17)18)4-5-14(11)19-13-6-8-16(2,3)9-7-13/h4-5,10,13H,6-9H2,1-3H3,(H,17,18). The summed E-state index contributed by atoms with van der Waals surface area (Å²) < 4.78 is 6.02. The van der Waals surface area contributed by atoms with E-state index in [1.807, 2.05) is 6.92 Å². The molecule has 1 saturated carbocycles. The van der Waals surface area contributed by atoms with Crippen LogP contribution >= 0.6 is 0 Å². The van der Waals surface area contributed by atoms with E-state index in [9.17, 15) is 4.79 Å². The van der Waals surface area contributed by atoms with Gasteiger partial charge in [0, 0.05) is 0 Å². The third-order valence-electron chi connectivity index (χ3n) is 4.00. The Balaban J connectivity index is 2.02. The van der Waals surface area contributed by atoms with E-state index in [1.165, 1.54) is 12.8 Å². The quantitative estimate of drug-likeness (QED) is 0.894. The highest BCUT2D eigenvalue weighted by Gasteiger charge is 2.28. The molecule has 1 aromatic rings. The highest BCUT2D eigenvalue weighted by atomic mass is 16.5. The van der Waals surface area contributed by atoms with Crippen molar-refractivity contribution in [2.75, 3.05) is 0 Å². The monoisotopic (exact) mass is 262 g/mol. The fourth-order valence-electron chi connectivity index (χ4n) is 2.58. The molecular formula is C16H22O3. The summed E-state index contributed by atoms with van der Waals surface area (Å²) in [5, 5.41) is 8.94. The van der Waals surface area contributed by atoms with Crippen LogP contribution < -0.4 is 4.74 Å². The number of aromatic carboxylic acids is 1. The normalized spacial score (nSPS) is 19.1. The minimum atomic E-state index is -0.894. The largest absolute Gasteiger partial charge is 0.490 e. The summed E-state index contributed by atoms with van der Waals surface area (Å²) in [5.41, 5.74) is 1.64. The first-order valence-corrected chi connectivity index (χ1v) is 6.88. The topological polar surface area (TPSA) is 46.5 Å². The molecule has 0 amide bonds. The molecule has 1 N–H and O–H groups in total. The van der Waals surface area contributed by atoms with Crippen molar-refractivity contribution in [2.45, 2.75) is 52.6 Å². The van der Waals surface area contributed by atoms with Crippen LogP contribution in [0.2, 0.25) is 0 Å². The zero-order chi connectivity index (χ0) is 14.0. The average Bonchev–Trinajstić information content (AvgIpc) is 2.34. The molecule has 104 valence electrons. The van der Waals surface area contributed by atoms with Gasteiger partial charge >= 0.3 is 5.97 Å². The van der Waals surface area contributed by atoms with Crippen LogP contribution in [0.4, 0.5) is 0 Å². The summed E-state index contributed by atoms with van der Waals surface area (Å²) in [6, 6.07) is 5.06. The fraction of sp³-hybridized carbons (Fsp3) is 0.562. The number of hydrogen-bond acceptors (Lipinski definition) is 2. The van der Waals surface area contributed by atoms with Crippen LogP contribution in [0.5, 0.6) is 5.75 Å². The summed E-state index contributed by atoms with van der Waals surface area (Å²) in [6.07, 6.45) is 4.79. The van der Waals surface area contributed by atoms with E-state index in [-0.39, 0.29) is 6.10 Å². The van der Waals surface area contributed by atoms with Crippen molar-refractivity contribution >= 4 is 5.97 Å². The molecule has 1 fully saturated rings. The highest BCUT2D eigenvalue weighted by Crippen LogP contribution is 2.37. The molecule has 0 spiro atoms. The molecule has 19 heavy (non-hydrogen) atoms. The predicted octanol–water partition coefficient (Wildman–Crippen LogP) is 4.04. The molecule has 0 aromatic heterocycles. The van der Waals surface area contributed by atoms with Crippen LogP contribution in [0.25, 0.3) is 0 Å². The van der Waals surface area contributed by atoms with Gasteiger partial charge in [0.25, 0.3) is 0 Å². The number of benzene rings is 1. The molecule has 2 rings (SSSR count). The molecule has 3 nitrogen and oxygen atoms in total. The molecule has 0 unspecified atom stereocenters. The zero-order valence-electron chi connectivity index (χ0n) is 11.9. The lowest BCUT2D eigenvalue weighted by Gasteiger charge is -2.34. The Morgan fingerprint density at radius 3 is 2.47 bits per heavy atom. The third kappa shape index (κ3) is 3.49. The Bertz CT molecular complexity index is 467. The van der Waals surface area contributed by atoms with Crippen molar-refractivity contribution < 1.29 is 14.6 Å². The molecule has 1 aliphatic carbocycles. The highest BCUT2D eigenvalue weighted by molar-refractivity contribution is 5.88. The van der Waals surface area contributed by atoms with Crippen molar-refractivity contribution in [1.82, 2.24) is 0 Å². The molecule has 0 atom stereocenters. The van der Waals surface area contributed by atoms with Crippen molar-refractivity contribution in [3.63, 3.8) is 0 Å². The molecule has 1 aromatic carbocycles. The second-order valence-corrected chi connectivity index (χ2v) is 6.27. The Kier molecular flexibility index (Phi) is 3.83. The first kappa shape index (κ1) is 13.9. The minimum absolute atomic E-state index is 0.266. The van der Waals surface area contributed by atoms with Gasteiger partial charge in [-0.15, -0.1) is 0 Å². The van der Waals surface area contributed by atoms with Gasteiger partial charge in [0.2, 0.25) is 0 Å². The summed E-state index contributed by atoms with van der Waals surface area (Å²) in [6.45, 7) is 6.50. The molecule has 0 radical (unpaired) electrons. The van der Waals surface area contributed by atoms with Gasteiger partial charge in [-0.05, 0) is 61.8 Å². The van der Waals surface area contributed by atoms with E-state index in [0.717, 1.165) is 24.2 Å². The number of aryl methyl sites for hydroxylation is 1. The summed E-state index contributed by atoms with van der Waals surface area (Å²) >= 11 is 0. The first-order chi connectivity index (χ1) is 8.87. The number of carboxylic acids is 1. The van der Waals surface area contributed by atoms with E-state index >= 15 is 0 Å².